The molecule has 168 valence electrons. The van der Waals surface area contributed by atoms with E-state index in [4.69, 9.17) is 4.74 Å². The number of carbonyl (C=O) groups excluding carboxylic acids is 2. The van der Waals surface area contributed by atoms with Gasteiger partial charge in [-0.25, -0.2) is 9.59 Å². The number of fused-ring (bicyclic) bond motifs is 3. The van der Waals surface area contributed by atoms with Crippen molar-refractivity contribution < 1.29 is 24.2 Å². The summed E-state index contributed by atoms with van der Waals surface area (Å²) in [7, 11) is 0. The van der Waals surface area contributed by atoms with E-state index in [1.807, 2.05) is 31.2 Å². The molecule has 1 atom stereocenters. The third kappa shape index (κ3) is 4.47. The highest BCUT2D eigenvalue weighted by molar-refractivity contribution is 5.85. The van der Waals surface area contributed by atoms with E-state index in [1.54, 1.807) is 0 Å². The number of benzene rings is 2. The van der Waals surface area contributed by atoms with Crippen LogP contribution in [0.15, 0.2) is 48.5 Å². The number of amides is 2. The number of carboxylic acid groups (broad SMARTS) is 1. The molecule has 4 rings (SSSR count). The maximum atomic E-state index is 12.3. The maximum absolute atomic E-state index is 12.3. The molecule has 7 nitrogen and oxygen atoms in total. The quantitative estimate of drug-likeness (QED) is 0.586. The lowest BCUT2D eigenvalue weighted by Gasteiger charge is -2.35. The fourth-order valence-electron chi connectivity index (χ4n) is 4.59. The standard InChI is InChI=1S/C25H28N2O5/c1-2-7-22(24(29)30)27-23(28)15-12-16(13-15)26-25(31)32-14-21-19-10-5-3-8-17(19)18-9-4-6-11-20(18)21/h3-6,8-11,15-16,21-22H,2,7,12-14H2,1H3,(H,26,31)(H,27,28)(H,29,30)/t15?,16?,22-/m1/s1. The number of ether oxygens (including phenoxy) is 1. The van der Waals surface area contributed by atoms with Crippen LogP contribution < -0.4 is 10.6 Å². The largest absolute Gasteiger partial charge is 0.480 e. The Bertz CT molecular complexity index is 969. The van der Waals surface area contributed by atoms with E-state index in [9.17, 15) is 19.5 Å². The molecule has 0 saturated heterocycles. The Hall–Kier alpha value is -3.35. The number of alkyl carbamates (subject to hydrolysis) is 1. The molecule has 32 heavy (non-hydrogen) atoms. The van der Waals surface area contributed by atoms with Gasteiger partial charge in [0.15, 0.2) is 0 Å². The van der Waals surface area contributed by atoms with E-state index < -0.39 is 18.1 Å². The second kappa shape index (κ2) is 9.42. The minimum absolute atomic E-state index is 0.000385. The Kier molecular flexibility index (Phi) is 6.44. The maximum Gasteiger partial charge on any atom is 0.407 e. The normalized spacial score (nSPS) is 19.8. The molecule has 0 bridgehead atoms. The van der Waals surface area contributed by atoms with Crippen LogP contribution in [0.3, 0.4) is 0 Å². The van der Waals surface area contributed by atoms with Gasteiger partial charge in [-0.1, -0.05) is 61.9 Å². The molecular formula is C25H28N2O5. The van der Waals surface area contributed by atoms with Crippen LogP contribution in [0.5, 0.6) is 0 Å². The van der Waals surface area contributed by atoms with Crippen LogP contribution in [0.2, 0.25) is 0 Å². The van der Waals surface area contributed by atoms with Crippen LogP contribution in [0.25, 0.3) is 11.1 Å². The third-order valence-corrected chi connectivity index (χ3v) is 6.37. The van der Waals surface area contributed by atoms with E-state index in [-0.39, 0.29) is 30.4 Å². The second-order valence-electron chi connectivity index (χ2n) is 8.52. The van der Waals surface area contributed by atoms with Crippen molar-refractivity contribution in [2.75, 3.05) is 6.61 Å². The van der Waals surface area contributed by atoms with Gasteiger partial charge in [0.1, 0.15) is 12.6 Å². The van der Waals surface area contributed by atoms with Crippen molar-refractivity contribution in [2.45, 2.75) is 50.6 Å². The van der Waals surface area contributed by atoms with Gasteiger partial charge in [-0.2, -0.15) is 0 Å². The molecule has 2 aliphatic carbocycles. The third-order valence-electron chi connectivity index (χ3n) is 6.37. The molecule has 1 saturated carbocycles. The van der Waals surface area contributed by atoms with Gasteiger partial charge in [-0.15, -0.1) is 0 Å². The van der Waals surface area contributed by atoms with Crippen LogP contribution in [0.1, 0.15) is 49.7 Å². The summed E-state index contributed by atoms with van der Waals surface area (Å²) in [6, 6.07) is 15.3. The summed E-state index contributed by atoms with van der Waals surface area (Å²) in [5.41, 5.74) is 4.66. The van der Waals surface area contributed by atoms with Crippen LogP contribution in [-0.2, 0) is 14.3 Å². The number of nitrogens with one attached hydrogen (secondary N) is 2. The van der Waals surface area contributed by atoms with Gasteiger partial charge in [0, 0.05) is 17.9 Å². The van der Waals surface area contributed by atoms with Crippen LogP contribution in [0.4, 0.5) is 4.79 Å². The lowest BCUT2D eigenvalue weighted by Crippen LogP contribution is -2.52. The molecule has 0 unspecified atom stereocenters. The first-order chi connectivity index (χ1) is 15.5. The summed E-state index contributed by atoms with van der Waals surface area (Å²) < 4.78 is 5.54. The zero-order valence-electron chi connectivity index (χ0n) is 18.0. The Morgan fingerprint density at radius 3 is 2.19 bits per heavy atom. The summed E-state index contributed by atoms with van der Waals surface area (Å²) in [4.78, 5) is 35.8. The van der Waals surface area contributed by atoms with Crippen LogP contribution in [0, 0.1) is 5.92 Å². The van der Waals surface area contributed by atoms with Crippen molar-refractivity contribution in [1.82, 2.24) is 10.6 Å². The molecule has 2 aliphatic rings. The van der Waals surface area contributed by atoms with Crippen molar-refractivity contribution in [3.8, 4) is 11.1 Å². The average molecular weight is 437 g/mol. The van der Waals surface area contributed by atoms with Gasteiger partial charge < -0.3 is 20.5 Å². The van der Waals surface area contributed by atoms with Crippen molar-refractivity contribution in [2.24, 2.45) is 5.92 Å². The first-order valence-corrected chi connectivity index (χ1v) is 11.1. The predicted octanol–water partition coefficient (Wildman–Crippen LogP) is 3.67. The molecule has 0 radical (unpaired) electrons. The fraction of sp³-hybridized carbons (Fsp3) is 0.400. The lowest BCUT2D eigenvalue weighted by atomic mass is 9.79. The zero-order valence-corrected chi connectivity index (χ0v) is 18.0. The van der Waals surface area contributed by atoms with E-state index in [1.165, 1.54) is 11.1 Å². The van der Waals surface area contributed by atoms with Crippen molar-refractivity contribution in [3.05, 3.63) is 59.7 Å². The minimum Gasteiger partial charge on any atom is -0.480 e. The molecule has 2 aromatic rings. The summed E-state index contributed by atoms with van der Waals surface area (Å²) in [6.07, 6.45) is 1.54. The SMILES string of the molecule is CCC[C@@H](NC(=O)C1CC(NC(=O)OCC2c3ccccc3-c3ccccc32)C1)C(=O)O. The Morgan fingerprint density at radius 1 is 1.03 bits per heavy atom. The van der Waals surface area contributed by atoms with Crippen molar-refractivity contribution in [3.63, 3.8) is 0 Å². The number of hydrogen-bond acceptors (Lipinski definition) is 4. The van der Waals surface area contributed by atoms with Gasteiger partial charge in [-0.3, -0.25) is 4.79 Å². The van der Waals surface area contributed by atoms with E-state index in [0.717, 1.165) is 11.1 Å². The van der Waals surface area contributed by atoms with Crippen molar-refractivity contribution >= 4 is 18.0 Å². The summed E-state index contributed by atoms with van der Waals surface area (Å²) in [5.74, 6) is -1.57. The summed E-state index contributed by atoms with van der Waals surface area (Å²) >= 11 is 0. The smallest absolute Gasteiger partial charge is 0.407 e. The molecule has 0 aliphatic heterocycles. The van der Waals surface area contributed by atoms with Crippen molar-refractivity contribution in [1.29, 1.82) is 0 Å². The minimum atomic E-state index is -1.02. The number of carboxylic acids is 1. The molecular weight excluding hydrogens is 408 g/mol. The van der Waals surface area contributed by atoms with Gasteiger partial charge in [0.2, 0.25) is 5.91 Å². The van der Waals surface area contributed by atoms with E-state index in [0.29, 0.717) is 25.7 Å². The first-order valence-electron chi connectivity index (χ1n) is 11.1. The highest BCUT2D eigenvalue weighted by Crippen LogP contribution is 2.44. The number of carbonyl (C=O) groups is 3. The topological polar surface area (TPSA) is 105 Å². The Balaban J connectivity index is 1.26. The number of rotatable bonds is 8. The molecule has 7 heteroatoms. The molecule has 0 heterocycles. The Labute approximate surface area is 187 Å². The highest BCUT2D eigenvalue weighted by atomic mass is 16.5. The monoisotopic (exact) mass is 436 g/mol. The molecule has 1 fully saturated rings. The second-order valence-corrected chi connectivity index (χ2v) is 8.52. The van der Waals surface area contributed by atoms with E-state index >= 15 is 0 Å². The molecule has 2 aromatic carbocycles. The molecule has 3 N–H and O–H groups in total. The Morgan fingerprint density at radius 2 is 1.62 bits per heavy atom. The fourth-order valence-corrected chi connectivity index (χ4v) is 4.59. The predicted molar refractivity (Wildman–Crippen MR) is 119 cm³/mol. The van der Waals surface area contributed by atoms with E-state index in [2.05, 4.69) is 34.9 Å². The van der Waals surface area contributed by atoms with Gasteiger partial charge in [0.05, 0.1) is 0 Å². The summed E-state index contributed by atoms with van der Waals surface area (Å²) in [6.45, 7) is 2.12. The molecule has 2 amide bonds. The van der Waals surface area contributed by atoms with Gasteiger partial charge in [0.25, 0.3) is 0 Å². The van der Waals surface area contributed by atoms with Gasteiger partial charge in [-0.05, 0) is 41.5 Å². The average Bonchev–Trinajstić information content (AvgIpc) is 3.08. The molecule has 0 aromatic heterocycles. The van der Waals surface area contributed by atoms with Gasteiger partial charge >= 0.3 is 12.1 Å². The highest BCUT2D eigenvalue weighted by Gasteiger charge is 2.37. The number of hydrogen-bond donors (Lipinski definition) is 3. The number of aliphatic carboxylic acids is 1. The first kappa shape index (κ1) is 21.9. The zero-order chi connectivity index (χ0) is 22.7. The van der Waals surface area contributed by atoms with Crippen LogP contribution >= 0.6 is 0 Å². The molecule has 0 spiro atoms. The summed E-state index contributed by atoms with van der Waals surface area (Å²) in [5, 5.41) is 14.6. The lowest BCUT2D eigenvalue weighted by molar-refractivity contribution is -0.143. The van der Waals surface area contributed by atoms with Crippen LogP contribution in [-0.4, -0.2) is 41.8 Å².